The molecular weight excluding hydrogens is 422 g/mol. The standard InChI is InChI=1S/C19H22ClNO5S2/c1-26-16-6-8-17(9-7-16)28(24,25)18-10-12-21(13-11-18)27(22,23)14-15-4-2-3-5-19(15)20/h2-9,18H,10-14H2,1H3. The lowest BCUT2D eigenvalue weighted by molar-refractivity contribution is 0.345. The van der Waals surface area contributed by atoms with E-state index in [0.717, 1.165) is 0 Å². The largest absolute Gasteiger partial charge is 0.497 e. The van der Waals surface area contributed by atoms with Crippen LogP contribution in [0.3, 0.4) is 0 Å². The first-order valence-electron chi connectivity index (χ1n) is 8.83. The highest BCUT2D eigenvalue weighted by Gasteiger charge is 2.35. The lowest BCUT2D eigenvalue weighted by atomic mass is 10.2. The third kappa shape index (κ3) is 4.51. The Labute approximate surface area is 171 Å². The molecule has 0 N–H and O–H groups in total. The lowest BCUT2D eigenvalue weighted by Crippen LogP contribution is -2.42. The zero-order valence-corrected chi connectivity index (χ0v) is 17.8. The molecule has 3 rings (SSSR count). The van der Waals surface area contributed by atoms with Crippen molar-refractivity contribution in [3.63, 3.8) is 0 Å². The fraction of sp³-hybridized carbons (Fsp3) is 0.368. The predicted molar refractivity (Wildman–Crippen MR) is 109 cm³/mol. The van der Waals surface area contributed by atoms with Crippen LogP contribution in [0.2, 0.25) is 5.02 Å². The number of methoxy groups -OCH3 is 1. The molecule has 0 saturated carbocycles. The molecule has 6 nitrogen and oxygen atoms in total. The number of ether oxygens (including phenoxy) is 1. The number of nitrogens with zero attached hydrogens (tertiary/aromatic N) is 1. The summed E-state index contributed by atoms with van der Waals surface area (Å²) in [6, 6.07) is 13.1. The zero-order chi connectivity index (χ0) is 20.4. The minimum absolute atomic E-state index is 0.173. The number of hydrogen-bond acceptors (Lipinski definition) is 5. The van der Waals surface area contributed by atoms with E-state index in [4.69, 9.17) is 16.3 Å². The third-order valence-corrected chi connectivity index (χ3v) is 9.39. The number of sulfonamides is 1. The van der Waals surface area contributed by atoms with E-state index in [2.05, 4.69) is 0 Å². The Bertz CT molecular complexity index is 1030. The van der Waals surface area contributed by atoms with Gasteiger partial charge >= 0.3 is 0 Å². The summed E-state index contributed by atoms with van der Waals surface area (Å²) >= 11 is 6.07. The van der Waals surface area contributed by atoms with Crippen LogP contribution >= 0.6 is 11.6 Å². The minimum Gasteiger partial charge on any atom is -0.497 e. The summed E-state index contributed by atoms with van der Waals surface area (Å²) < 4.78 is 57.5. The molecule has 1 fully saturated rings. The molecule has 0 atom stereocenters. The second-order valence-electron chi connectivity index (χ2n) is 6.67. The topological polar surface area (TPSA) is 80.8 Å². The van der Waals surface area contributed by atoms with Crippen LogP contribution in [0.15, 0.2) is 53.4 Å². The van der Waals surface area contributed by atoms with Crippen molar-refractivity contribution in [2.45, 2.75) is 28.7 Å². The maximum absolute atomic E-state index is 12.9. The summed E-state index contributed by atoms with van der Waals surface area (Å²) in [6.07, 6.45) is 0.520. The van der Waals surface area contributed by atoms with Crippen LogP contribution in [0.4, 0.5) is 0 Å². The normalized spacial score (nSPS) is 16.8. The van der Waals surface area contributed by atoms with Gasteiger partial charge in [-0.15, -0.1) is 0 Å². The molecule has 28 heavy (non-hydrogen) atoms. The van der Waals surface area contributed by atoms with Gasteiger partial charge in [-0.1, -0.05) is 29.8 Å². The molecule has 152 valence electrons. The summed E-state index contributed by atoms with van der Waals surface area (Å²) in [6.45, 7) is 0.347. The van der Waals surface area contributed by atoms with Gasteiger partial charge in [-0.25, -0.2) is 21.1 Å². The molecule has 9 heteroatoms. The molecule has 0 amide bonds. The molecule has 0 aromatic heterocycles. The van der Waals surface area contributed by atoms with Crippen molar-refractivity contribution in [1.29, 1.82) is 0 Å². The predicted octanol–water partition coefficient (Wildman–Crippen LogP) is 3.12. The van der Waals surface area contributed by atoms with E-state index in [1.165, 1.54) is 23.5 Å². The van der Waals surface area contributed by atoms with Crippen LogP contribution in [0.25, 0.3) is 0 Å². The Hall–Kier alpha value is -1.61. The van der Waals surface area contributed by atoms with Gasteiger partial charge in [0.25, 0.3) is 0 Å². The maximum atomic E-state index is 12.9. The van der Waals surface area contributed by atoms with Gasteiger partial charge in [0.1, 0.15) is 5.75 Å². The van der Waals surface area contributed by atoms with Crippen molar-refractivity contribution >= 4 is 31.5 Å². The van der Waals surface area contributed by atoms with Crippen molar-refractivity contribution < 1.29 is 21.6 Å². The molecule has 0 unspecified atom stereocenters. The number of sulfone groups is 1. The second kappa shape index (κ2) is 8.41. The number of hydrogen-bond donors (Lipinski definition) is 0. The van der Waals surface area contributed by atoms with Crippen LogP contribution in [-0.4, -0.2) is 46.6 Å². The molecule has 0 aliphatic carbocycles. The molecule has 1 saturated heterocycles. The highest BCUT2D eigenvalue weighted by molar-refractivity contribution is 7.92. The van der Waals surface area contributed by atoms with E-state index >= 15 is 0 Å². The van der Waals surface area contributed by atoms with Crippen molar-refractivity contribution in [2.24, 2.45) is 0 Å². The van der Waals surface area contributed by atoms with Crippen LogP contribution in [0, 0.1) is 0 Å². The van der Waals surface area contributed by atoms with Gasteiger partial charge in [-0.2, -0.15) is 0 Å². The Morgan fingerprint density at radius 1 is 1.00 bits per heavy atom. The average molecular weight is 444 g/mol. The van der Waals surface area contributed by atoms with Gasteiger partial charge in [0.15, 0.2) is 9.84 Å². The highest BCUT2D eigenvalue weighted by Crippen LogP contribution is 2.28. The van der Waals surface area contributed by atoms with E-state index in [9.17, 15) is 16.8 Å². The Morgan fingerprint density at radius 3 is 2.18 bits per heavy atom. The second-order valence-corrected chi connectivity index (χ2v) is 11.3. The Morgan fingerprint density at radius 2 is 1.61 bits per heavy atom. The molecule has 0 radical (unpaired) electrons. The first kappa shape index (κ1) is 21.1. The lowest BCUT2D eigenvalue weighted by Gasteiger charge is -2.31. The zero-order valence-electron chi connectivity index (χ0n) is 15.4. The molecular formula is C19H22ClNO5S2. The number of piperidine rings is 1. The van der Waals surface area contributed by atoms with E-state index in [1.54, 1.807) is 36.4 Å². The van der Waals surface area contributed by atoms with Crippen molar-refractivity contribution in [2.75, 3.05) is 20.2 Å². The van der Waals surface area contributed by atoms with Gasteiger partial charge in [0.2, 0.25) is 10.0 Å². The van der Waals surface area contributed by atoms with E-state index in [0.29, 0.717) is 16.3 Å². The molecule has 2 aromatic rings. The van der Waals surface area contributed by atoms with Crippen LogP contribution < -0.4 is 4.74 Å². The first-order valence-corrected chi connectivity index (χ1v) is 12.4. The van der Waals surface area contributed by atoms with Gasteiger partial charge in [0, 0.05) is 18.1 Å². The summed E-state index contributed by atoms with van der Waals surface area (Å²) in [7, 11) is -5.57. The van der Waals surface area contributed by atoms with Gasteiger partial charge in [0.05, 0.1) is 23.0 Å². The molecule has 0 spiro atoms. The third-order valence-electron chi connectivity index (χ3n) is 4.92. The first-order chi connectivity index (χ1) is 13.2. The summed E-state index contributed by atoms with van der Waals surface area (Å²) in [4.78, 5) is 0.227. The monoisotopic (exact) mass is 443 g/mol. The highest BCUT2D eigenvalue weighted by atomic mass is 35.5. The number of benzene rings is 2. The van der Waals surface area contributed by atoms with Crippen molar-refractivity contribution in [1.82, 2.24) is 4.31 Å². The SMILES string of the molecule is COc1ccc(S(=O)(=O)C2CCN(S(=O)(=O)Cc3ccccc3Cl)CC2)cc1. The van der Waals surface area contributed by atoms with Crippen molar-refractivity contribution in [3.8, 4) is 5.75 Å². The summed E-state index contributed by atoms with van der Waals surface area (Å²) in [5.41, 5.74) is 0.539. The smallest absolute Gasteiger partial charge is 0.218 e. The fourth-order valence-corrected chi connectivity index (χ4v) is 6.89. The van der Waals surface area contributed by atoms with Crippen molar-refractivity contribution in [3.05, 3.63) is 59.1 Å². The molecule has 0 bridgehead atoms. The average Bonchev–Trinajstić information content (AvgIpc) is 2.70. The maximum Gasteiger partial charge on any atom is 0.218 e. The molecule has 1 aliphatic heterocycles. The quantitative estimate of drug-likeness (QED) is 0.685. The van der Waals surface area contributed by atoms with Gasteiger partial charge in [-0.3, -0.25) is 0 Å². The summed E-state index contributed by atoms with van der Waals surface area (Å²) in [5.74, 6) is 0.391. The van der Waals surface area contributed by atoms with Crippen LogP contribution in [0.1, 0.15) is 18.4 Å². The van der Waals surface area contributed by atoms with E-state index < -0.39 is 25.1 Å². The molecule has 2 aromatic carbocycles. The van der Waals surface area contributed by atoms with Gasteiger partial charge in [-0.05, 0) is 48.7 Å². The fourth-order valence-electron chi connectivity index (χ4n) is 3.28. The minimum atomic E-state index is -3.56. The van der Waals surface area contributed by atoms with Gasteiger partial charge < -0.3 is 4.74 Å². The Balaban J connectivity index is 1.68. The van der Waals surface area contributed by atoms with E-state index in [1.807, 2.05) is 0 Å². The summed E-state index contributed by atoms with van der Waals surface area (Å²) in [5, 5.41) is -0.198. The number of rotatable bonds is 6. The van der Waals surface area contributed by atoms with Crippen LogP contribution in [0.5, 0.6) is 5.75 Å². The Kier molecular flexibility index (Phi) is 6.34. The van der Waals surface area contributed by atoms with Crippen LogP contribution in [-0.2, 0) is 25.6 Å². The molecule has 1 heterocycles. The molecule has 1 aliphatic rings. The van der Waals surface area contributed by atoms with E-state index in [-0.39, 0.29) is 36.6 Å². The number of halogens is 1.